The molecule has 1 heterocycles. The monoisotopic (exact) mass is 519 g/mol. The second-order valence-corrected chi connectivity index (χ2v) is 10.2. The molecule has 0 aliphatic carbocycles. The molecule has 2 amide bonds. The van der Waals surface area contributed by atoms with Crippen molar-refractivity contribution in [3.05, 3.63) is 88.9 Å². The number of fused-ring (bicyclic) bond motifs is 1. The molecule has 37 heavy (non-hydrogen) atoms. The first-order valence-corrected chi connectivity index (χ1v) is 12.3. The van der Waals surface area contributed by atoms with Crippen LogP contribution in [0.1, 0.15) is 37.9 Å². The summed E-state index contributed by atoms with van der Waals surface area (Å²) in [6.07, 6.45) is 0. The van der Waals surface area contributed by atoms with Gasteiger partial charge in [-0.1, -0.05) is 59.3 Å². The molecule has 4 aromatic rings. The summed E-state index contributed by atoms with van der Waals surface area (Å²) >= 11 is 6.49. The minimum absolute atomic E-state index is 0.103. The van der Waals surface area contributed by atoms with E-state index in [0.717, 1.165) is 11.1 Å². The predicted octanol–water partition coefficient (Wildman–Crippen LogP) is 4.78. The maximum Gasteiger partial charge on any atom is 0.247 e. The van der Waals surface area contributed by atoms with Crippen molar-refractivity contribution in [1.29, 1.82) is 0 Å². The Morgan fingerprint density at radius 2 is 1.78 bits per heavy atom. The number of nitrogens with zero attached hydrogens (tertiary/aromatic N) is 4. The normalized spacial score (nSPS) is 12.2. The van der Waals surface area contributed by atoms with Crippen LogP contribution in [-0.4, -0.2) is 44.4 Å². The Kier molecular flexibility index (Phi) is 7.78. The first kappa shape index (κ1) is 26.2. The molecule has 1 N–H and O–H groups in total. The van der Waals surface area contributed by atoms with Gasteiger partial charge in [-0.25, -0.2) is 4.68 Å². The van der Waals surface area contributed by atoms with E-state index in [2.05, 4.69) is 15.6 Å². The van der Waals surface area contributed by atoms with Crippen LogP contribution in [0.25, 0.3) is 11.0 Å². The number of halogens is 1. The lowest BCUT2D eigenvalue weighted by molar-refractivity contribution is -0.142. The number of ether oxygens (including phenoxy) is 1. The molecule has 1 atom stereocenters. The Balaban J connectivity index is 1.80. The summed E-state index contributed by atoms with van der Waals surface area (Å²) in [5, 5.41) is 11.9. The van der Waals surface area contributed by atoms with Crippen molar-refractivity contribution in [2.45, 2.75) is 45.4 Å². The van der Waals surface area contributed by atoms with Crippen molar-refractivity contribution < 1.29 is 14.3 Å². The van der Waals surface area contributed by atoms with Crippen molar-refractivity contribution in [3.63, 3.8) is 0 Å². The molecule has 9 heteroatoms. The van der Waals surface area contributed by atoms with Gasteiger partial charge >= 0.3 is 0 Å². The van der Waals surface area contributed by atoms with Crippen LogP contribution in [0.3, 0.4) is 0 Å². The lowest BCUT2D eigenvalue weighted by Crippen LogP contribution is -2.49. The Hall–Kier alpha value is -3.91. The third kappa shape index (κ3) is 6.27. The summed E-state index contributed by atoms with van der Waals surface area (Å²) < 4.78 is 6.96. The van der Waals surface area contributed by atoms with E-state index in [1.807, 2.05) is 69.3 Å². The largest absolute Gasteiger partial charge is 0.497 e. The number of para-hydroxylation sites is 1. The highest BCUT2D eigenvalue weighted by atomic mass is 35.5. The number of rotatable bonds is 8. The SMILES string of the molecule is COc1cccc([C@@H](C(=O)NC(C)(C)C)N(Cc2ccccc2Cl)C(=O)Cn2nnc3ccccc32)c1. The summed E-state index contributed by atoms with van der Waals surface area (Å²) in [4.78, 5) is 29.3. The third-order valence-electron chi connectivity index (χ3n) is 5.79. The third-order valence-corrected chi connectivity index (χ3v) is 6.16. The maximum atomic E-state index is 14.0. The summed E-state index contributed by atoms with van der Waals surface area (Å²) in [7, 11) is 1.56. The summed E-state index contributed by atoms with van der Waals surface area (Å²) in [6, 6.07) is 20.9. The van der Waals surface area contributed by atoms with Crippen LogP contribution in [0.15, 0.2) is 72.8 Å². The van der Waals surface area contributed by atoms with Gasteiger partial charge in [-0.05, 0) is 62.2 Å². The second-order valence-electron chi connectivity index (χ2n) is 9.77. The van der Waals surface area contributed by atoms with Crippen LogP contribution in [0.4, 0.5) is 0 Å². The molecule has 0 aliphatic heterocycles. The van der Waals surface area contributed by atoms with Gasteiger partial charge in [0.05, 0.1) is 12.6 Å². The summed E-state index contributed by atoms with van der Waals surface area (Å²) in [6.45, 7) is 5.71. The number of methoxy groups -OCH3 is 1. The average molecular weight is 520 g/mol. The van der Waals surface area contributed by atoms with E-state index in [0.29, 0.717) is 21.9 Å². The Bertz CT molecular complexity index is 1410. The highest BCUT2D eigenvalue weighted by molar-refractivity contribution is 6.31. The van der Waals surface area contributed by atoms with E-state index in [-0.39, 0.29) is 24.9 Å². The molecular formula is C28H30ClN5O3. The molecule has 3 aromatic carbocycles. The smallest absolute Gasteiger partial charge is 0.247 e. The molecule has 0 unspecified atom stereocenters. The van der Waals surface area contributed by atoms with Crippen molar-refractivity contribution in [3.8, 4) is 5.75 Å². The van der Waals surface area contributed by atoms with Crippen molar-refractivity contribution in [1.82, 2.24) is 25.2 Å². The standard InChI is InChI=1S/C28H30ClN5O3/c1-28(2,3)30-27(36)26(19-11-9-12-21(16-19)37-4)33(17-20-10-5-6-13-22(20)29)25(35)18-34-24-15-8-7-14-23(24)31-32-34/h5-16,26H,17-18H2,1-4H3,(H,30,36)/t26-/m0/s1. The van der Waals surface area contributed by atoms with Crippen LogP contribution in [0.5, 0.6) is 5.75 Å². The zero-order chi connectivity index (χ0) is 26.6. The lowest BCUT2D eigenvalue weighted by atomic mass is 10.0. The number of aromatic nitrogens is 3. The molecule has 0 radical (unpaired) electrons. The minimum atomic E-state index is -0.951. The van der Waals surface area contributed by atoms with Gasteiger partial charge in [-0.2, -0.15) is 0 Å². The van der Waals surface area contributed by atoms with Gasteiger partial charge in [0, 0.05) is 17.1 Å². The van der Waals surface area contributed by atoms with Gasteiger partial charge < -0.3 is 15.0 Å². The predicted molar refractivity (Wildman–Crippen MR) is 143 cm³/mol. The van der Waals surface area contributed by atoms with Gasteiger partial charge in [0.25, 0.3) is 0 Å². The van der Waals surface area contributed by atoms with Crippen LogP contribution in [0, 0.1) is 0 Å². The van der Waals surface area contributed by atoms with E-state index >= 15 is 0 Å². The van der Waals surface area contributed by atoms with Crippen LogP contribution >= 0.6 is 11.6 Å². The fraction of sp³-hybridized carbons (Fsp3) is 0.286. The van der Waals surface area contributed by atoms with Gasteiger partial charge in [-0.3, -0.25) is 9.59 Å². The Labute approximate surface area is 221 Å². The highest BCUT2D eigenvalue weighted by Gasteiger charge is 2.34. The highest BCUT2D eigenvalue weighted by Crippen LogP contribution is 2.29. The number of nitrogens with one attached hydrogen (secondary N) is 1. The maximum absolute atomic E-state index is 14.0. The first-order valence-electron chi connectivity index (χ1n) is 11.9. The van der Waals surface area contributed by atoms with Crippen LogP contribution < -0.4 is 10.1 Å². The molecular weight excluding hydrogens is 490 g/mol. The number of amides is 2. The van der Waals surface area contributed by atoms with Gasteiger partial charge in [0.15, 0.2) is 0 Å². The fourth-order valence-corrected chi connectivity index (χ4v) is 4.30. The zero-order valence-corrected chi connectivity index (χ0v) is 22.1. The number of benzene rings is 3. The molecule has 4 rings (SSSR count). The molecule has 0 saturated carbocycles. The average Bonchev–Trinajstić information content (AvgIpc) is 3.26. The van der Waals surface area contributed by atoms with Crippen molar-refractivity contribution in [2.24, 2.45) is 0 Å². The van der Waals surface area contributed by atoms with Gasteiger partial charge in [0.2, 0.25) is 11.8 Å². The zero-order valence-electron chi connectivity index (χ0n) is 21.3. The van der Waals surface area contributed by atoms with Crippen LogP contribution in [0.2, 0.25) is 5.02 Å². The molecule has 0 aliphatic rings. The molecule has 0 bridgehead atoms. The van der Waals surface area contributed by atoms with Gasteiger partial charge in [0.1, 0.15) is 23.9 Å². The van der Waals surface area contributed by atoms with E-state index in [4.69, 9.17) is 16.3 Å². The van der Waals surface area contributed by atoms with E-state index in [1.54, 1.807) is 36.1 Å². The minimum Gasteiger partial charge on any atom is -0.497 e. The van der Waals surface area contributed by atoms with E-state index < -0.39 is 11.6 Å². The Morgan fingerprint density at radius 1 is 1.05 bits per heavy atom. The quantitative estimate of drug-likeness (QED) is 0.362. The number of hydrogen-bond donors (Lipinski definition) is 1. The van der Waals surface area contributed by atoms with Crippen LogP contribution in [-0.2, 0) is 22.7 Å². The molecule has 1 aromatic heterocycles. The Morgan fingerprint density at radius 3 is 2.51 bits per heavy atom. The molecule has 0 saturated heterocycles. The van der Waals surface area contributed by atoms with Crippen molar-refractivity contribution >= 4 is 34.4 Å². The van der Waals surface area contributed by atoms with E-state index in [9.17, 15) is 9.59 Å². The lowest BCUT2D eigenvalue weighted by Gasteiger charge is -2.34. The summed E-state index contributed by atoms with van der Waals surface area (Å²) in [5.74, 6) is -0.0458. The molecule has 192 valence electrons. The van der Waals surface area contributed by atoms with E-state index in [1.165, 1.54) is 4.90 Å². The number of carbonyl (C=O) groups excluding carboxylic acids is 2. The fourth-order valence-electron chi connectivity index (χ4n) is 4.11. The first-order chi connectivity index (χ1) is 17.7. The number of carbonyl (C=O) groups is 2. The molecule has 8 nitrogen and oxygen atoms in total. The summed E-state index contributed by atoms with van der Waals surface area (Å²) in [5.41, 5.74) is 2.23. The van der Waals surface area contributed by atoms with Gasteiger partial charge in [-0.15, -0.1) is 5.10 Å². The molecule has 0 fully saturated rings. The number of hydrogen-bond acceptors (Lipinski definition) is 5. The second kappa shape index (κ2) is 11.0. The molecule has 0 spiro atoms. The van der Waals surface area contributed by atoms with Crippen molar-refractivity contribution in [2.75, 3.05) is 7.11 Å². The topological polar surface area (TPSA) is 89.4 Å².